The Kier molecular flexibility index (Phi) is 4.37. The highest BCUT2D eigenvalue weighted by Gasteiger charge is 2.01. The Morgan fingerprint density at radius 1 is 1.45 bits per heavy atom. The average molecular weight is 282 g/mol. The van der Waals surface area contributed by atoms with E-state index in [2.05, 4.69) is 15.9 Å². The molecule has 0 atom stereocenters. The van der Waals surface area contributed by atoms with E-state index in [9.17, 15) is 4.79 Å². The van der Waals surface area contributed by atoms with Crippen LogP contribution < -0.4 is 0 Å². The van der Waals surface area contributed by atoms with Crippen molar-refractivity contribution in [2.45, 2.75) is 0 Å². The summed E-state index contributed by atoms with van der Waals surface area (Å²) in [4.78, 5) is 10.2. The summed E-state index contributed by atoms with van der Waals surface area (Å²) in [6.45, 7) is 0. The zero-order valence-electron chi connectivity index (χ0n) is 5.45. The van der Waals surface area contributed by atoms with Crippen molar-refractivity contribution in [3.63, 3.8) is 0 Å². The molecule has 60 valence electrons. The van der Waals surface area contributed by atoms with Crippen molar-refractivity contribution in [3.8, 4) is 5.75 Å². The minimum Gasteiger partial charge on any atom is -0.506 e. The minimum absolute atomic E-state index is 0. The van der Waals surface area contributed by atoms with E-state index < -0.39 is 0 Å². The lowest BCUT2D eigenvalue weighted by Gasteiger charge is -1.96. The van der Waals surface area contributed by atoms with E-state index in [1.807, 2.05) is 0 Å². The fourth-order valence-corrected chi connectivity index (χ4v) is 1.01. The molecule has 0 bridgehead atoms. The van der Waals surface area contributed by atoms with Gasteiger partial charge in [0.1, 0.15) is 5.75 Å². The van der Waals surface area contributed by atoms with Crippen molar-refractivity contribution in [1.29, 1.82) is 0 Å². The second kappa shape index (κ2) is 4.51. The van der Waals surface area contributed by atoms with Crippen LogP contribution in [0.15, 0.2) is 22.7 Å². The Balaban J connectivity index is 0.000001000. The van der Waals surface area contributed by atoms with Gasteiger partial charge >= 0.3 is 0 Å². The monoisotopic (exact) mass is 280 g/mol. The third kappa shape index (κ3) is 2.31. The molecule has 0 aliphatic heterocycles. The van der Waals surface area contributed by atoms with Crippen LogP contribution in [0.5, 0.6) is 5.75 Å². The van der Waals surface area contributed by atoms with E-state index in [0.29, 0.717) is 16.3 Å². The number of halogens is 2. The van der Waals surface area contributed by atoms with Crippen molar-refractivity contribution in [2.24, 2.45) is 0 Å². The average Bonchev–Trinajstić information content (AvgIpc) is 1.95. The predicted octanol–water partition coefficient (Wildman–Crippen LogP) is 2.55. The first-order valence-electron chi connectivity index (χ1n) is 2.68. The molecule has 0 heterocycles. The highest BCUT2D eigenvalue weighted by Crippen LogP contribution is 2.25. The summed E-state index contributed by atoms with van der Waals surface area (Å²) in [5.74, 6) is -0.00231. The van der Waals surface area contributed by atoms with Crippen LogP contribution in [0.25, 0.3) is 0 Å². The van der Waals surface area contributed by atoms with Crippen molar-refractivity contribution in [2.75, 3.05) is 0 Å². The molecule has 2 nitrogen and oxygen atoms in total. The largest absolute Gasteiger partial charge is 0.506 e. The first kappa shape index (κ1) is 10.7. The number of hydrogen-bond acceptors (Lipinski definition) is 2. The van der Waals surface area contributed by atoms with Gasteiger partial charge in [-0.3, -0.25) is 4.79 Å². The molecule has 1 N–H and O–H groups in total. The van der Waals surface area contributed by atoms with Crippen LogP contribution in [-0.2, 0) is 0 Å². The molecule has 0 aliphatic rings. The Morgan fingerprint density at radius 3 is 2.55 bits per heavy atom. The summed E-state index contributed by atoms with van der Waals surface area (Å²) in [6, 6.07) is 4.91. The van der Waals surface area contributed by atoms with Crippen LogP contribution in [-0.4, -0.2) is 11.4 Å². The smallest absolute Gasteiger partial charge is 0.153 e. The fraction of sp³-hybridized carbons (Fsp3) is 0. The van der Waals surface area contributed by atoms with Gasteiger partial charge in [0.2, 0.25) is 0 Å². The van der Waals surface area contributed by atoms with Crippen molar-refractivity contribution < 1.29 is 9.90 Å². The molecule has 0 radical (unpaired) electrons. The van der Waals surface area contributed by atoms with Crippen LogP contribution in [0.3, 0.4) is 0 Å². The number of para-hydroxylation sites is 1. The summed E-state index contributed by atoms with van der Waals surface area (Å²) in [5, 5.41) is 9.12. The van der Waals surface area contributed by atoms with Gasteiger partial charge in [-0.05, 0) is 28.1 Å². The van der Waals surface area contributed by atoms with Gasteiger partial charge in [-0.2, -0.15) is 0 Å². The lowest BCUT2D eigenvalue weighted by molar-refractivity contribution is 0.112. The van der Waals surface area contributed by atoms with Gasteiger partial charge in [-0.15, -0.1) is 17.0 Å². The second-order valence-corrected chi connectivity index (χ2v) is 2.65. The molecule has 0 aliphatic carbocycles. The number of hydrogen-bond donors (Lipinski definition) is 1. The second-order valence-electron chi connectivity index (χ2n) is 1.80. The molecule has 0 fully saturated rings. The number of carbonyl (C=O) groups excluding carboxylic acids is 1. The zero-order chi connectivity index (χ0) is 7.56. The lowest BCUT2D eigenvalue weighted by Crippen LogP contribution is -1.79. The first-order chi connectivity index (χ1) is 4.75. The number of phenolic OH excluding ortho intramolecular Hbond substituents is 1. The topological polar surface area (TPSA) is 37.3 Å². The van der Waals surface area contributed by atoms with Crippen LogP contribution in [0, 0.1) is 0 Å². The minimum atomic E-state index is -0.00231. The van der Waals surface area contributed by atoms with Gasteiger partial charge in [-0.1, -0.05) is 6.07 Å². The van der Waals surface area contributed by atoms with Crippen LogP contribution in [0.4, 0.5) is 0 Å². The van der Waals surface area contributed by atoms with Gasteiger partial charge in [0, 0.05) is 0 Å². The molecule has 0 saturated heterocycles. The summed E-state index contributed by atoms with van der Waals surface area (Å²) >= 11 is 3.08. The van der Waals surface area contributed by atoms with Gasteiger partial charge in [0.15, 0.2) is 6.29 Å². The standard InChI is InChI=1S/C7H5BrO2.BrH/c8-6-3-1-2-5(4-9)7(6)10;/h1-4,10H;1H. The van der Waals surface area contributed by atoms with Crippen molar-refractivity contribution in [3.05, 3.63) is 28.2 Å². The number of rotatable bonds is 1. The van der Waals surface area contributed by atoms with Crippen molar-refractivity contribution >= 4 is 39.2 Å². The maximum atomic E-state index is 10.2. The molecule has 0 saturated carbocycles. The van der Waals surface area contributed by atoms with Crippen LogP contribution >= 0.6 is 32.9 Å². The molecule has 1 aromatic rings. The summed E-state index contributed by atoms with van der Waals surface area (Å²) in [7, 11) is 0. The maximum absolute atomic E-state index is 10.2. The molecule has 1 aromatic carbocycles. The Bertz CT molecular complexity index is 261. The van der Waals surface area contributed by atoms with E-state index >= 15 is 0 Å². The highest BCUT2D eigenvalue weighted by molar-refractivity contribution is 9.10. The molecule has 0 amide bonds. The van der Waals surface area contributed by atoms with E-state index in [1.54, 1.807) is 18.2 Å². The van der Waals surface area contributed by atoms with Crippen molar-refractivity contribution in [1.82, 2.24) is 0 Å². The summed E-state index contributed by atoms with van der Waals surface area (Å²) < 4.78 is 0.539. The third-order valence-electron chi connectivity index (χ3n) is 1.14. The van der Waals surface area contributed by atoms with E-state index in [4.69, 9.17) is 5.11 Å². The number of benzene rings is 1. The predicted molar refractivity (Wildman–Crippen MR) is 51.5 cm³/mol. The Morgan fingerprint density at radius 2 is 2.09 bits per heavy atom. The van der Waals surface area contributed by atoms with Gasteiger partial charge in [0.25, 0.3) is 0 Å². The maximum Gasteiger partial charge on any atom is 0.153 e. The highest BCUT2D eigenvalue weighted by atomic mass is 79.9. The number of phenols is 1. The van der Waals surface area contributed by atoms with Gasteiger partial charge in [-0.25, -0.2) is 0 Å². The lowest BCUT2D eigenvalue weighted by atomic mass is 10.2. The quantitative estimate of drug-likeness (QED) is 0.804. The molecule has 0 unspecified atom stereocenters. The number of carbonyl (C=O) groups is 1. The Hall–Kier alpha value is -0.350. The SMILES string of the molecule is Br.O=Cc1cccc(Br)c1O. The first-order valence-corrected chi connectivity index (χ1v) is 3.47. The molecule has 0 aromatic heterocycles. The fourth-order valence-electron chi connectivity index (χ4n) is 0.627. The number of aldehydes is 1. The molecule has 4 heteroatoms. The van der Waals surface area contributed by atoms with Crippen LogP contribution in [0.1, 0.15) is 10.4 Å². The third-order valence-corrected chi connectivity index (χ3v) is 1.78. The Labute approximate surface area is 83.1 Å². The molecular formula is C7H6Br2O2. The molecular weight excluding hydrogens is 276 g/mol. The van der Waals surface area contributed by atoms with Crippen LogP contribution in [0.2, 0.25) is 0 Å². The van der Waals surface area contributed by atoms with E-state index in [1.165, 1.54) is 0 Å². The normalized spacial score (nSPS) is 8.45. The number of aromatic hydroxyl groups is 1. The molecule has 1 rings (SSSR count). The summed E-state index contributed by atoms with van der Waals surface area (Å²) in [5.41, 5.74) is 0.300. The molecule has 0 spiro atoms. The van der Waals surface area contributed by atoms with Gasteiger partial charge in [0.05, 0.1) is 10.0 Å². The summed E-state index contributed by atoms with van der Waals surface area (Å²) in [6.07, 6.45) is 0.611. The van der Waals surface area contributed by atoms with E-state index in [0.717, 1.165) is 0 Å². The van der Waals surface area contributed by atoms with Gasteiger partial charge < -0.3 is 5.11 Å². The van der Waals surface area contributed by atoms with E-state index in [-0.39, 0.29) is 22.7 Å². The molecule has 11 heavy (non-hydrogen) atoms. The zero-order valence-corrected chi connectivity index (χ0v) is 8.75.